The minimum absolute atomic E-state index is 0.122. The van der Waals surface area contributed by atoms with Crippen molar-refractivity contribution in [2.75, 3.05) is 41.6 Å². The molecule has 8 heteroatoms. The van der Waals surface area contributed by atoms with Gasteiger partial charge in [0.25, 0.3) is 5.91 Å². The number of piperazine rings is 1. The van der Waals surface area contributed by atoms with Crippen molar-refractivity contribution in [1.29, 1.82) is 0 Å². The monoisotopic (exact) mass is 467 g/mol. The second-order valence-electron chi connectivity index (χ2n) is 8.03. The van der Waals surface area contributed by atoms with E-state index in [-0.39, 0.29) is 18.3 Å². The van der Waals surface area contributed by atoms with Gasteiger partial charge in [-0.2, -0.15) is 0 Å². The largest absolute Gasteiger partial charge is 0.366 e. The first-order valence-electron chi connectivity index (χ1n) is 10.7. The molecular formula is C25H26FN3O3S. The van der Waals surface area contributed by atoms with Crippen molar-refractivity contribution in [3.8, 4) is 0 Å². The van der Waals surface area contributed by atoms with Crippen LogP contribution in [0.1, 0.15) is 15.9 Å². The van der Waals surface area contributed by atoms with Gasteiger partial charge in [-0.3, -0.25) is 9.10 Å². The van der Waals surface area contributed by atoms with Crippen LogP contribution in [0.25, 0.3) is 0 Å². The predicted octanol–water partition coefficient (Wildman–Crippen LogP) is 3.75. The van der Waals surface area contributed by atoms with Gasteiger partial charge in [0.1, 0.15) is 5.82 Å². The van der Waals surface area contributed by atoms with E-state index in [1.54, 1.807) is 47.4 Å². The number of para-hydroxylation sites is 1. The summed E-state index contributed by atoms with van der Waals surface area (Å²) in [6.45, 7) is 2.27. The third-order valence-electron chi connectivity index (χ3n) is 5.73. The number of anilines is 2. The minimum Gasteiger partial charge on any atom is -0.366 e. The molecule has 0 unspecified atom stereocenters. The second-order valence-corrected chi connectivity index (χ2v) is 9.94. The fourth-order valence-electron chi connectivity index (χ4n) is 3.96. The Kier molecular flexibility index (Phi) is 6.65. The molecule has 3 aromatic carbocycles. The van der Waals surface area contributed by atoms with Crippen LogP contribution in [0, 0.1) is 5.82 Å². The van der Waals surface area contributed by atoms with Crippen molar-refractivity contribution in [1.82, 2.24) is 4.90 Å². The standard InChI is InChI=1S/C25H26FN3O3S/c1-33(31,32)29(19-20-7-3-2-4-8-20)22-13-11-21(12-14-22)25(30)28-17-15-27(16-18-28)24-10-6-5-9-23(24)26/h2-14H,15-19H2,1H3. The van der Waals surface area contributed by atoms with Crippen molar-refractivity contribution in [3.05, 3.63) is 95.8 Å². The van der Waals surface area contributed by atoms with Gasteiger partial charge in [0.05, 0.1) is 24.2 Å². The van der Waals surface area contributed by atoms with E-state index in [1.807, 2.05) is 35.2 Å². The van der Waals surface area contributed by atoms with E-state index >= 15 is 0 Å². The van der Waals surface area contributed by atoms with Crippen molar-refractivity contribution in [2.45, 2.75) is 6.54 Å². The molecule has 1 aliphatic heterocycles. The number of carbonyl (C=O) groups is 1. The Hall–Kier alpha value is -3.39. The van der Waals surface area contributed by atoms with Gasteiger partial charge in [-0.15, -0.1) is 0 Å². The molecule has 3 aromatic rings. The van der Waals surface area contributed by atoms with Crippen LogP contribution in [-0.2, 0) is 16.6 Å². The summed E-state index contributed by atoms with van der Waals surface area (Å²) >= 11 is 0. The van der Waals surface area contributed by atoms with E-state index in [4.69, 9.17) is 0 Å². The highest BCUT2D eigenvalue weighted by atomic mass is 32.2. The van der Waals surface area contributed by atoms with Crippen LogP contribution in [0.2, 0.25) is 0 Å². The summed E-state index contributed by atoms with van der Waals surface area (Å²) in [7, 11) is -3.50. The topological polar surface area (TPSA) is 60.9 Å². The number of carbonyl (C=O) groups excluding carboxylic acids is 1. The Balaban J connectivity index is 1.44. The van der Waals surface area contributed by atoms with E-state index < -0.39 is 10.0 Å². The third kappa shape index (κ3) is 5.34. The molecule has 6 nitrogen and oxygen atoms in total. The van der Waals surface area contributed by atoms with Gasteiger partial charge < -0.3 is 9.80 Å². The fourth-order valence-corrected chi connectivity index (χ4v) is 4.85. The lowest BCUT2D eigenvalue weighted by Crippen LogP contribution is -2.49. The van der Waals surface area contributed by atoms with E-state index in [1.165, 1.54) is 16.6 Å². The predicted molar refractivity (Wildman–Crippen MR) is 128 cm³/mol. The summed E-state index contributed by atoms with van der Waals surface area (Å²) in [5.41, 5.74) is 2.41. The molecule has 4 rings (SSSR count). The van der Waals surface area contributed by atoms with Gasteiger partial charge in [0, 0.05) is 31.7 Å². The van der Waals surface area contributed by atoms with E-state index in [9.17, 15) is 17.6 Å². The summed E-state index contributed by atoms with van der Waals surface area (Å²) < 4.78 is 40.2. The molecular weight excluding hydrogens is 441 g/mol. The van der Waals surface area contributed by atoms with E-state index in [0.717, 1.165) is 5.56 Å². The summed E-state index contributed by atoms with van der Waals surface area (Å²) in [4.78, 5) is 16.7. The summed E-state index contributed by atoms with van der Waals surface area (Å²) in [5, 5.41) is 0. The molecule has 0 N–H and O–H groups in total. The second kappa shape index (κ2) is 9.62. The number of benzene rings is 3. The van der Waals surface area contributed by atoms with E-state index in [0.29, 0.717) is 43.1 Å². The zero-order valence-electron chi connectivity index (χ0n) is 18.4. The summed E-state index contributed by atoms with van der Waals surface area (Å²) in [6, 6.07) is 22.6. The molecule has 1 heterocycles. The maximum Gasteiger partial charge on any atom is 0.253 e. The molecule has 33 heavy (non-hydrogen) atoms. The lowest BCUT2D eigenvalue weighted by atomic mass is 10.1. The number of hydrogen-bond acceptors (Lipinski definition) is 4. The summed E-state index contributed by atoms with van der Waals surface area (Å²) in [6.07, 6.45) is 1.17. The van der Waals surface area contributed by atoms with Gasteiger partial charge >= 0.3 is 0 Å². The quantitative estimate of drug-likeness (QED) is 0.554. The molecule has 0 aliphatic carbocycles. The van der Waals surface area contributed by atoms with E-state index in [2.05, 4.69) is 0 Å². The van der Waals surface area contributed by atoms with Gasteiger partial charge in [-0.1, -0.05) is 42.5 Å². The average Bonchev–Trinajstić information content (AvgIpc) is 2.83. The lowest BCUT2D eigenvalue weighted by molar-refractivity contribution is 0.0746. The summed E-state index contributed by atoms with van der Waals surface area (Å²) in [5.74, 6) is -0.387. The highest BCUT2D eigenvalue weighted by Gasteiger charge is 2.24. The zero-order valence-corrected chi connectivity index (χ0v) is 19.2. The van der Waals surface area contributed by atoms with Crippen LogP contribution < -0.4 is 9.21 Å². The first kappa shape index (κ1) is 22.8. The van der Waals surface area contributed by atoms with Crippen molar-refractivity contribution in [3.63, 3.8) is 0 Å². The molecule has 1 amide bonds. The number of nitrogens with zero attached hydrogens (tertiary/aromatic N) is 3. The van der Waals surface area contributed by atoms with Crippen LogP contribution in [0.5, 0.6) is 0 Å². The molecule has 1 fully saturated rings. The molecule has 0 bridgehead atoms. The van der Waals surface area contributed by atoms with Crippen LogP contribution in [-0.4, -0.2) is 51.7 Å². The SMILES string of the molecule is CS(=O)(=O)N(Cc1ccccc1)c1ccc(C(=O)N2CCN(c3ccccc3F)CC2)cc1. The highest BCUT2D eigenvalue weighted by molar-refractivity contribution is 7.92. The van der Waals surface area contributed by atoms with Gasteiger partial charge in [0.2, 0.25) is 10.0 Å². The molecule has 0 saturated carbocycles. The highest BCUT2D eigenvalue weighted by Crippen LogP contribution is 2.23. The van der Waals surface area contributed by atoms with Gasteiger partial charge in [0.15, 0.2) is 0 Å². The van der Waals surface area contributed by atoms with Gasteiger partial charge in [-0.25, -0.2) is 12.8 Å². The Morgan fingerprint density at radius 1 is 0.879 bits per heavy atom. The Labute approximate surface area is 193 Å². The molecule has 0 radical (unpaired) electrons. The number of rotatable bonds is 6. The lowest BCUT2D eigenvalue weighted by Gasteiger charge is -2.36. The molecule has 0 aromatic heterocycles. The number of amides is 1. The first-order valence-corrected chi connectivity index (χ1v) is 12.6. The minimum atomic E-state index is -3.50. The zero-order chi connectivity index (χ0) is 23.4. The van der Waals surface area contributed by atoms with Crippen LogP contribution in [0.3, 0.4) is 0 Å². The fraction of sp³-hybridized carbons (Fsp3) is 0.240. The maximum atomic E-state index is 14.1. The Morgan fingerprint density at radius 2 is 1.48 bits per heavy atom. The number of hydrogen-bond donors (Lipinski definition) is 0. The normalized spacial score (nSPS) is 14.2. The van der Waals surface area contributed by atoms with Crippen molar-refractivity contribution < 1.29 is 17.6 Å². The van der Waals surface area contributed by atoms with Crippen LogP contribution in [0.15, 0.2) is 78.9 Å². The Bertz CT molecular complexity index is 1210. The van der Waals surface area contributed by atoms with Gasteiger partial charge in [-0.05, 0) is 42.0 Å². The third-order valence-corrected chi connectivity index (χ3v) is 6.87. The average molecular weight is 468 g/mol. The van der Waals surface area contributed by atoms with Crippen LogP contribution >= 0.6 is 0 Å². The Morgan fingerprint density at radius 3 is 2.09 bits per heavy atom. The van der Waals surface area contributed by atoms with Crippen molar-refractivity contribution >= 4 is 27.3 Å². The van der Waals surface area contributed by atoms with Crippen molar-refractivity contribution in [2.24, 2.45) is 0 Å². The first-order chi connectivity index (χ1) is 15.8. The number of halogens is 1. The number of sulfonamides is 1. The van der Waals surface area contributed by atoms with Crippen LogP contribution in [0.4, 0.5) is 15.8 Å². The maximum absolute atomic E-state index is 14.1. The molecule has 0 spiro atoms. The smallest absolute Gasteiger partial charge is 0.253 e. The molecule has 1 saturated heterocycles. The molecule has 1 aliphatic rings. The molecule has 172 valence electrons. The molecule has 0 atom stereocenters.